The highest BCUT2D eigenvalue weighted by molar-refractivity contribution is 6.40. The predicted octanol–water partition coefficient (Wildman–Crippen LogP) is 2.90. The van der Waals surface area contributed by atoms with Crippen molar-refractivity contribution >= 4 is 48.0 Å². The lowest BCUT2D eigenvalue weighted by Crippen LogP contribution is -1.24. The summed E-state index contributed by atoms with van der Waals surface area (Å²) in [6, 6.07) is 0. The van der Waals surface area contributed by atoms with Gasteiger partial charge in [0, 0.05) is 0 Å². The third-order valence-electron chi connectivity index (χ3n) is 0. The van der Waals surface area contributed by atoms with Crippen LogP contribution in [0.2, 0.25) is 0 Å². The summed E-state index contributed by atoms with van der Waals surface area (Å²) < 4.78 is 0. The monoisotopic (exact) mass is 172 g/mol. The summed E-state index contributed by atoms with van der Waals surface area (Å²) in [6.07, 6.45) is 0. The van der Waals surface area contributed by atoms with Crippen LogP contribution in [0.25, 0.3) is 0 Å². The lowest BCUT2D eigenvalue weighted by Gasteiger charge is -1.42. The molecule has 0 amide bonds. The van der Waals surface area contributed by atoms with Gasteiger partial charge in [-0.1, -0.05) is 7.43 Å². The third kappa shape index (κ3) is 66.4. The molecule has 0 nitrogen and oxygen atoms in total. The lowest BCUT2D eigenvalue weighted by atomic mass is 11.9. The van der Waals surface area contributed by atoms with Crippen LogP contribution in [0.15, 0.2) is 0 Å². The van der Waals surface area contributed by atoms with Gasteiger partial charge >= 0.3 is 0 Å². The molecule has 0 aliphatic rings. The Morgan fingerprint density at radius 1 is 1.00 bits per heavy atom. The molecule has 6 heavy (non-hydrogen) atoms. The van der Waals surface area contributed by atoms with Crippen molar-refractivity contribution in [2.45, 2.75) is 7.43 Å². The van der Waals surface area contributed by atoms with E-state index in [1.165, 1.54) is 0 Å². The van der Waals surface area contributed by atoms with Crippen molar-refractivity contribution in [3.63, 3.8) is 0 Å². The molecule has 0 aromatic rings. The van der Waals surface area contributed by atoms with Crippen molar-refractivity contribution in [3.8, 4) is 0 Å². The molecule has 0 N–H and O–H groups in total. The molecule has 0 aromatic carbocycles. The Morgan fingerprint density at radius 2 is 1.00 bits per heavy atom. The highest BCUT2D eigenvalue weighted by atomic mass is 35.5. The summed E-state index contributed by atoms with van der Waals surface area (Å²) in [5.74, 6) is 0. The van der Waals surface area contributed by atoms with Gasteiger partial charge < -0.3 is 0 Å². The van der Waals surface area contributed by atoms with E-state index in [4.69, 9.17) is 23.2 Å². The van der Waals surface area contributed by atoms with Crippen LogP contribution in [0.1, 0.15) is 7.43 Å². The molecule has 0 aromatic heterocycles. The van der Waals surface area contributed by atoms with E-state index in [9.17, 15) is 0 Å². The second kappa shape index (κ2) is 35.2. The first-order valence-electron chi connectivity index (χ1n) is 0.535. The first kappa shape index (κ1) is 27.2. The Morgan fingerprint density at radius 3 is 1.00 bits per heavy atom. The Kier molecular flexibility index (Phi) is 159. The zero-order valence-corrected chi connectivity index (χ0v) is 5.42. The van der Waals surface area contributed by atoms with Gasteiger partial charge in [0.2, 0.25) is 0 Å². The molecule has 0 radical (unpaired) electrons. The number of alkyl halides is 2. The number of rotatable bonds is 0. The summed E-state index contributed by atoms with van der Waals surface area (Å²) in [6.45, 7) is 0. The minimum absolute atomic E-state index is 0. The molecule has 44 valence electrons. The molecular weight excluding hydrogens is 166 g/mol. The van der Waals surface area contributed by atoms with E-state index in [-0.39, 0.29) is 37.6 Å². The number of halogens is 4. The van der Waals surface area contributed by atoms with E-state index >= 15 is 0 Å². The topological polar surface area (TPSA) is 0 Å². The van der Waals surface area contributed by atoms with Crippen LogP contribution in [0.3, 0.4) is 0 Å². The van der Waals surface area contributed by atoms with Crippen molar-refractivity contribution in [3.05, 3.63) is 0 Å². The second-order valence-electron chi connectivity index (χ2n) is 0.101. The summed E-state index contributed by atoms with van der Waals surface area (Å²) in [5, 5.41) is 0.194. The second-order valence-corrected chi connectivity index (χ2v) is 0.909. The summed E-state index contributed by atoms with van der Waals surface area (Å²) in [7, 11) is 0. The van der Waals surface area contributed by atoms with Crippen LogP contribution >= 0.6 is 48.0 Å². The van der Waals surface area contributed by atoms with Crippen LogP contribution in [-0.2, 0) is 0 Å². The van der Waals surface area contributed by atoms with Gasteiger partial charge in [0.1, 0.15) is 0 Å². The van der Waals surface area contributed by atoms with Crippen molar-refractivity contribution in [2.75, 3.05) is 5.34 Å². The van der Waals surface area contributed by atoms with Gasteiger partial charge in [-0.3, -0.25) is 0 Å². The molecule has 0 aliphatic carbocycles. The fourth-order valence-electron chi connectivity index (χ4n) is 0. The van der Waals surface area contributed by atoms with Gasteiger partial charge in [0.15, 0.2) is 0 Å². The van der Waals surface area contributed by atoms with Crippen LogP contribution in [0, 0.1) is 0 Å². The Bertz CT molecular complexity index is 5.51. The Labute approximate surface area is 61.0 Å². The van der Waals surface area contributed by atoms with Crippen molar-refractivity contribution in [2.24, 2.45) is 0 Å². The van der Waals surface area contributed by atoms with Gasteiger partial charge in [0.25, 0.3) is 0 Å². The maximum Gasteiger partial charge on any atom is 0.0967 e. The van der Waals surface area contributed by atoms with E-state index in [0.717, 1.165) is 0 Å². The molecule has 4 heteroatoms. The average molecular weight is 174 g/mol. The van der Waals surface area contributed by atoms with Crippen LogP contribution in [0.4, 0.5) is 0 Å². The number of hydrogen-bond donors (Lipinski definition) is 0. The predicted molar refractivity (Wildman–Crippen MR) is 37.8 cm³/mol. The molecule has 0 aliphatic heterocycles. The zero-order chi connectivity index (χ0) is 2.71. The highest BCUT2D eigenvalue weighted by Gasteiger charge is 1.41. The van der Waals surface area contributed by atoms with Gasteiger partial charge in [0.05, 0.1) is 5.34 Å². The average Bonchev–Trinajstić information content (AvgIpc) is 0.918. The van der Waals surface area contributed by atoms with E-state index in [2.05, 4.69) is 0 Å². The molecule has 0 bridgehead atoms. The minimum atomic E-state index is 0. The van der Waals surface area contributed by atoms with E-state index in [1.54, 1.807) is 0 Å². The fourth-order valence-corrected chi connectivity index (χ4v) is 0. The molecule has 0 saturated carbocycles. The fraction of sp³-hybridized carbons (Fsp3) is 1.00. The first-order chi connectivity index (χ1) is 1.41. The number of hydrogen-bond acceptors (Lipinski definition) is 0. The normalized spacial score (nSPS) is 3.00. The maximum atomic E-state index is 4.76. The van der Waals surface area contributed by atoms with Crippen LogP contribution in [0.5, 0.6) is 0 Å². The van der Waals surface area contributed by atoms with E-state index in [1.807, 2.05) is 0 Å². The van der Waals surface area contributed by atoms with Gasteiger partial charge in [-0.25, -0.2) is 0 Å². The maximum absolute atomic E-state index is 4.76. The van der Waals surface area contributed by atoms with Gasteiger partial charge in [-0.05, 0) is 0 Å². The minimum Gasteiger partial charge on any atom is -0.147 e. The van der Waals surface area contributed by atoms with Gasteiger partial charge in [-0.15, -0.1) is 48.0 Å². The lowest BCUT2D eigenvalue weighted by molar-refractivity contribution is 2.20. The molecule has 0 fully saturated rings. The van der Waals surface area contributed by atoms with Crippen molar-refractivity contribution in [1.82, 2.24) is 0 Å². The van der Waals surface area contributed by atoms with E-state index in [0.29, 0.717) is 0 Å². The molecule has 0 heterocycles. The first-order valence-corrected chi connectivity index (χ1v) is 1.60. The third-order valence-corrected chi connectivity index (χ3v) is 0. The smallest absolute Gasteiger partial charge is 0.0967 e. The Balaban J connectivity index is -0.00000000667. The summed E-state index contributed by atoms with van der Waals surface area (Å²) in [4.78, 5) is 0. The summed E-state index contributed by atoms with van der Waals surface area (Å²) >= 11 is 9.53. The largest absolute Gasteiger partial charge is 0.147 e. The molecule has 0 rings (SSSR count). The van der Waals surface area contributed by atoms with Crippen LogP contribution in [-0.4, -0.2) is 5.34 Å². The standard InChI is InChI=1S/CH2Cl2.CH4.2ClH/c2-1-3;;;/h1H2;1H4;2*1H. The van der Waals surface area contributed by atoms with Crippen LogP contribution < -0.4 is 0 Å². The molecular formula is C2H8Cl4. The van der Waals surface area contributed by atoms with E-state index < -0.39 is 0 Å². The molecule has 0 unspecified atom stereocenters. The Hall–Kier alpha value is 1.16. The van der Waals surface area contributed by atoms with Crippen molar-refractivity contribution in [1.29, 1.82) is 0 Å². The zero-order valence-electron chi connectivity index (χ0n) is 2.28. The molecule has 0 saturated heterocycles. The molecule has 0 atom stereocenters. The quantitative estimate of drug-likeness (QED) is 0.495. The SMILES string of the molecule is C.Cl.Cl.ClCCl. The molecule has 0 spiro atoms. The van der Waals surface area contributed by atoms with Gasteiger partial charge in [-0.2, -0.15) is 0 Å². The summed E-state index contributed by atoms with van der Waals surface area (Å²) in [5.41, 5.74) is 0. The van der Waals surface area contributed by atoms with Crippen molar-refractivity contribution < 1.29 is 0 Å². The highest BCUT2D eigenvalue weighted by Crippen LogP contribution is 1.73.